The van der Waals surface area contributed by atoms with Crippen molar-refractivity contribution >= 4 is 0 Å². The molecule has 1 aromatic carbocycles. The number of benzene rings is 1. The molecule has 0 spiro atoms. The van der Waals surface area contributed by atoms with E-state index in [2.05, 4.69) is 22.7 Å². The van der Waals surface area contributed by atoms with Gasteiger partial charge in [0.15, 0.2) is 11.6 Å². The number of para-hydroxylation sites is 1. The maximum absolute atomic E-state index is 5.62. The number of hydrogen-bond acceptors (Lipinski definition) is 5. The van der Waals surface area contributed by atoms with Gasteiger partial charge in [0.2, 0.25) is 0 Å². The molecule has 136 valence electrons. The summed E-state index contributed by atoms with van der Waals surface area (Å²) in [6, 6.07) is 8.45. The van der Waals surface area contributed by atoms with Crippen LogP contribution in [-0.4, -0.2) is 53.5 Å². The molecule has 6 nitrogen and oxygen atoms in total. The Balaban J connectivity index is 1.82. The Hall–Kier alpha value is -1.92. The van der Waals surface area contributed by atoms with E-state index >= 15 is 0 Å². The van der Waals surface area contributed by atoms with Crippen molar-refractivity contribution in [3.63, 3.8) is 0 Å². The number of piperidine rings is 1. The van der Waals surface area contributed by atoms with Gasteiger partial charge in [-0.25, -0.2) is 9.67 Å². The lowest BCUT2D eigenvalue weighted by Crippen LogP contribution is -2.32. The number of ether oxygens (including phenoxy) is 2. The number of aromatic nitrogens is 3. The van der Waals surface area contributed by atoms with Crippen molar-refractivity contribution in [2.24, 2.45) is 0 Å². The molecule has 6 heteroatoms. The molecule has 1 aliphatic rings. The zero-order valence-corrected chi connectivity index (χ0v) is 15.4. The maximum atomic E-state index is 5.62. The van der Waals surface area contributed by atoms with E-state index in [0.29, 0.717) is 25.7 Å². The Labute approximate surface area is 149 Å². The van der Waals surface area contributed by atoms with Crippen molar-refractivity contribution in [3.05, 3.63) is 41.5 Å². The monoisotopic (exact) mass is 344 g/mol. The first-order valence-corrected chi connectivity index (χ1v) is 9.03. The van der Waals surface area contributed by atoms with Gasteiger partial charge in [0.1, 0.15) is 12.4 Å². The normalized spacial score (nSPS) is 16.3. The van der Waals surface area contributed by atoms with Gasteiger partial charge in [-0.1, -0.05) is 18.2 Å². The highest BCUT2D eigenvalue weighted by atomic mass is 16.5. The molecule has 0 radical (unpaired) electrons. The second-order valence-corrected chi connectivity index (χ2v) is 6.55. The minimum absolute atomic E-state index is 0.408. The number of methoxy groups -OCH3 is 1. The van der Waals surface area contributed by atoms with E-state index in [4.69, 9.17) is 19.6 Å². The average Bonchev–Trinajstić information content (AvgIpc) is 3.03. The summed E-state index contributed by atoms with van der Waals surface area (Å²) in [5.74, 6) is 2.64. The standard InChI is InChI=1S/C19H28N4O2/c1-4-25-14-19-20-18(13-15-7-5-6-8-17(15)24-3)21-23(19)16-9-11-22(2)12-10-16/h5-8,16H,4,9-14H2,1-3H3. The molecule has 2 heterocycles. The summed E-state index contributed by atoms with van der Waals surface area (Å²) in [4.78, 5) is 7.14. The molecular formula is C19H28N4O2. The second-order valence-electron chi connectivity index (χ2n) is 6.55. The van der Waals surface area contributed by atoms with Crippen LogP contribution in [0.25, 0.3) is 0 Å². The third kappa shape index (κ3) is 4.38. The molecule has 2 aromatic rings. The topological polar surface area (TPSA) is 52.4 Å². The first kappa shape index (κ1) is 17.9. The average molecular weight is 344 g/mol. The van der Waals surface area contributed by atoms with Crippen LogP contribution in [0.5, 0.6) is 5.75 Å². The van der Waals surface area contributed by atoms with Crippen molar-refractivity contribution < 1.29 is 9.47 Å². The smallest absolute Gasteiger partial charge is 0.155 e. The molecule has 0 atom stereocenters. The number of likely N-dealkylation sites (tertiary alicyclic amines) is 1. The lowest BCUT2D eigenvalue weighted by molar-refractivity contribution is 0.119. The fraction of sp³-hybridized carbons (Fsp3) is 0.579. The third-order valence-electron chi connectivity index (χ3n) is 4.76. The van der Waals surface area contributed by atoms with Crippen LogP contribution >= 0.6 is 0 Å². The SMILES string of the molecule is CCOCc1nc(Cc2ccccc2OC)nn1C1CCN(C)CC1. The van der Waals surface area contributed by atoms with Gasteiger partial charge in [-0.3, -0.25) is 0 Å². The first-order valence-electron chi connectivity index (χ1n) is 9.03. The summed E-state index contributed by atoms with van der Waals surface area (Å²) in [6.07, 6.45) is 2.88. The van der Waals surface area contributed by atoms with Gasteiger partial charge in [0, 0.05) is 18.6 Å². The first-order chi connectivity index (χ1) is 12.2. The molecule has 25 heavy (non-hydrogen) atoms. The minimum Gasteiger partial charge on any atom is -0.496 e. The van der Waals surface area contributed by atoms with Gasteiger partial charge in [-0.15, -0.1) is 0 Å². The van der Waals surface area contributed by atoms with Gasteiger partial charge < -0.3 is 14.4 Å². The molecule has 1 aliphatic heterocycles. The summed E-state index contributed by atoms with van der Waals surface area (Å²) in [5.41, 5.74) is 1.11. The van der Waals surface area contributed by atoms with Crippen LogP contribution in [0.3, 0.4) is 0 Å². The summed E-state index contributed by atoms with van der Waals surface area (Å²) >= 11 is 0. The lowest BCUT2D eigenvalue weighted by Gasteiger charge is -2.29. The van der Waals surface area contributed by atoms with E-state index in [0.717, 1.165) is 48.9 Å². The van der Waals surface area contributed by atoms with E-state index in [9.17, 15) is 0 Å². The molecule has 0 unspecified atom stereocenters. The van der Waals surface area contributed by atoms with Crippen LogP contribution in [0.4, 0.5) is 0 Å². The predicted molar refractivity (Wildman–Crippen MR) is 96.9 cm³/mol. The predicted octanol–water partition coefficient (Wildman–Crippen LogP) is 2.68. The Morgan fingerprint density at radius 3 is 2.68 bits per heavy atom. The van der Waals surface area contributed by atoms with E-state index in [1.54, 1.807) is 7.11 Å². The molecule has 0 aliphatic carbocycles. The van der Waals surface area contributed by atoms with E-state index in [1.807, 2.05) is 25.1 Å². The molecule has 1 saturated heterocycles. The molecule has 1 fully saturated rings. The minimum atomic E-state index is 0.408. The zero-order valence-electron chi connectivity index (χ0n) is 15.4. The van der Waals surface area contributed by atoms with E-state index in [-0.39, 0.29) is 0 Å². The highest BCUT2D eigenvalue weighted by Gasteiger charge is 2.23. The molecule has 3 rings (SSSR count). The van der Waals surface area contributed by atoms with Crippen LogP contribution in [0.2, 0.25) is 0 Å². The fourth-order valence-corrected chi connectivity index (χ4v) is 3.32. The van der Waals surface area contributed by atoms with Gasteiger partial charge in [0.25, 0.3) is 0 Å². The van der Waals surface area contributed by atoms with Crippen LogP contribution in [0, 0.1) is 0 Å². The van der Waals surface area contributed by atoms with Crippen molar-refractivity contribution in [2.45, 2.75) is 38.8 Å². The quantitative estimate of drug-likeness (QED) is 0.773. The lowest BCUT2D eigenvalue weighted by atomic mass is 10.1. The largest absolute Gasteiger partial charge is 0.496 e. The van der Waals surface area contributed by atoms with E-state index < -0.39 is 0 Å². The number of hydrogen-bond donors (Lipinski definition) is 0. The summed E-state index contributed by atoms with van der Waals surface area (Å²) in [5, 5.41) is 4.83. The number of nitrogens with zero attached hydrogens (tertiary/aromatic N) is 4. The van der Waals surface area contributed by atoms with Crippen molar-refractivity contribution in [1.82, 2.24) is 19.7 Å². The van der Waals surface area contributed by atoms with Crippen LogP contribution in [0.15, 0.2) is 24.3 Å². The molecule has 1 aromatic heterocycles. The van der Waals surface area contributed by atoms with Crippen LogP contribution in [-0.2, 0) is 17.8 Å². The highest BCUT2D eigenvalue weighted by molar-refractivity contribution is 5.35. The van der Waals surface area contributed by atoms with Crippen molar-refractivity contribution in [1.29, 1.82) is 0 Å². The maximum Gasteiger partial charge on any atom is 0.155 e. The van der Waals surface area contributed by atoms with Gasteiger partial charge in [-0.2, -0.15) is 5.10 Å². The van der Waals surface area contributed by atoms with Gasteiger partial charge >= 0.3 is 0 Å². The Bertz CT molecular complexity index is 678. The van der Waals surface area contributed by atoms with Crippen molar-refractivity contribution in [3.8, 4) is 5.75 Å². The van der Waals surface area contributed by atoms with E-state index in [1.165, 1.54) is 0 Å². The summed E-state index contributed by atoms with van der Waals surface area (Å²) in [6.45, 7) is 5.40. The third-order valence-corrected chi connectivity index (χ3v) is 4.76. The van der Waals surface area contributed by atoms with Gasteiger partial charge in [0.05, 0.1) is 13.2 Å². The second kappa shape index (κ2) is 8.45. The molecule has 0 bridgehead atoms. The fourth-order valence-electron chi connectivity index (χ4n) is 3.32. The number of rotatable bonds is 7. The van der Waals surface area contributed by atoms with Gasteiger partial charge in [-0.05, 0) is 46.0 Å². The summed E-state index contributed by atoms with van der Waals surface area (Å²) in [7, 11) is 3.87. The summed E-state index contributed by atoms with van der Waals surface area (Å²) < 4.78 is 13.2. The Morgan fingerprint density at radius 1 is 1.20 bits per heavy atom. The molecule has 0 amide bonds. The Kier molecular flexibility index (Phi) is 6.04. The molecule has 0 N–H and O–H groups in total. The zero-order chi connectivity index (χ0) is 17.6. The molecule has 0 saturated carbocycles. The van der Waals surface area contributed by atoms with Crippen LogP contribution in [0.1, 0.15) is 43.0 Å². The Morgan fingerprint density at radius 2 is 1.96 bits per heavy atom. The molecular weight excluding hydrogens is 316 g/mol. The van der Waals surface area contributed by atoms with Crippen molar-refractivity contribution in [2.75, 3.05) is 33.9 Å². The highest BCUT2D eigenvalue weighted by Crippen LogP contribution is 2.24. The van der Waals surface area contributed by atoms with Crippen LogP contribution < -0.4 is 4.74 Å².